The van der Waals surface area contributed by atoms with Crippen LogP contribution in [0.2, 0.25) is 5.02 Å². The number of aliphatic hydroxyl groups excluding tert-OH is 1. The van der Waals surface area contributed by atoms with Crippen LogP contribution in [0.15, 0.2) is 18.2 Å². The predicted molar refractivity (Wildman–Crippen MR) is 84.5 cm³/mol. The molecule has 0 aliphatic carbocycles. The fourth-order valence-corrected chi connectivity index (χ4v) is 3.09. The van der Waals surface area contributed by atoms with Crippen molar-refractivity contribution in [3.8, 4) is 5.75 Å². The average Bonchev–Trinajstić information content (AvgIpc) is 2.47. The molecule has 118 valence electrons. The van der Waals surface area contributed by atoms with Crippen molar-refractivity contribution in [2.24, 2.45) is 0 Å². The summed E-state index contributed by atoms with van der Waals surface area (Å²) in [6.07, 6.45) is -0.418. The van der Waals surface area contributed by atoms with Crippen LogP contribution in [0.5, 0.6) is 5.75 Å². The molecular formula is C16H27ClN2O2+2. The van der Waals surface area contributed by atoms with E-state index in [-0.39, 0.29) is 0 Å². The van der Waals surface area contributed by atoms with Gasteiger partial charge in [-0.05, 0) is 37.6 Å². The predicted octanol–water partition coefficient (Wildman–Crippen LogP) is -0.809. The van der Waals surface area contributed by atoms with Crippen molar-refractivity contribution in [3.05, 3.63) is 28.8 Å². The molecule has 1 atom stereocenters. The zero-order valence-corrected chi connectivity index (χ0v) is 13.7. The highest BCUT2D eigenvalue weighted by Gasteiger charge is 2.24. The number of halogens is 1. The maximum atomic E-state index is 10.2. The first-order valence-electron chi connectivity index (χ1n) is 7.82. The number of aryl methyl sites for hydroxylation is 1. The van der Waals surface area contributed by atoms with Crippen LogP contribution < -0.4 is 14.5 Å². The Bertz CT molecular complexity index is 448. The van der Waals surface area contributed by atoms with Crippen LogP contribution in [0.3, 0.4) is 0 Å². The molecule has 1 saturated heterocycles. The molecule has 0 aromatic heterocycles. The van der Waals surface area contributed by atoms with Gasteiger partial charge in [-0.25, -0.2) is 0 Å². The molecule has 21 heavy (non-hydrogen) atoms. The number of nitrogens with one attached hydrogen (secondary N) is 2. The van der Waals surface area contributed by atoms with E-state index in [1.54, 1.807) is 4.90 Å². The van der Waals surface area contributed by atoms with Crippen LogP contribution in [0.1, 0.15) is 12.5 Å². The van der Waals surface area contributed by atoms with Crippen molar-refractivity contribution in [1.29, 1.82) is 0 Å². The van der Waals surface area contributed by atoms with Gasteiger partial charge in [-0.3, -0.25) is 0 Å². The van der Waals surface area contributed by atoms with Crippen LogP contribution >= 0.6 is 11.6 Å². The van der Waals surface area contributed by atoms with Gasteiger partial charge in [0.2, 0.25) is 0 Å². The summed E-state index contributed by atoms with van der Waals surface area (Å²) < 4.78 is 5.71. The Balaban J connectivity index is 1.73. The molecule has 0 spiro atoms. The standard InChI is InChI=1S/C16H25ClN2O2/c1-3-18-6-8-19(9-7-18)11-15(20)12-21-16-5-4-14(17)10-13(16)2/h4-5,10,15,20H,3,6-9,11-12H2,1-2H3/p+2/t15-/m1/s1. The molecule has 0 radical (unpaired) electrons. The van der Waals surface area contributed by atoms with E-state index in [2.05, 4.69) is 6.92 Å². The summed E-state index contributed by atoms with van der Waals surface area (Å²) in [6, 6.07) is 5.55. The summed E-state index contributed by atoms with van der Waals surface area (Å²) in [4.78, 5) is 3.15. The van der Waals surface area contributed by atoms with Crippen LogP contribution in [-0.2, 0) is 0 Å². The molecule has 1 aliphatic rings. The maximum absolute atomic E-state index is 10.2. The van der Waals surface area contributed by atoms with Gasteiger partial charge in [0.1, 0.15) is 51.2 Å². The molecule has 3 N–H and O–H groups in total. The normalized spacial score (nSPS) is 23.8. The van der Waals surface area contributed by atoms with Gasteiger partial charge in [0.25, 0.3) is 0 Å². The molecule has 0 amide bonds. The van der Waals surface area contributed by atoms with Crippen LogP contribution in [0, 0.1) is 6.92 Å². The average molecular weight is 315 g/mol. The van der Waals surface area contributed by atoms with Gasteiger partial charge < -0.3 is 19.6 Å². The van der Waals surface area contributed by atoms with E-state index in [1.165, 1.54) is 24.5 Å². The lowest BCUT2D eigenvalue weighted by molar-refractivity contribution is -1.01. The van der Waals surface area contributed by atoms with Crippen LogP contribution in [0.4, 0.5) is 0 Å². The highest BCUT2D eigenvalue weighted by atomic mass is 35.5. The largest absolute Gasteiger partial charge is 0.490 e. The molecule has 0 saturated carbocycles. The quantitative estimate of drug-likeness (QED) is 0.643. The zero-order valence-electron chi connectivity index (χ0n) is 13.0. The molecule has 0 bridgehead atoms. The maximum Gasteiger partial charge on any atom is 0.137 e. The molecule has 1 fully saturated rings. The lowest BCUT2D eigenvalue weighted by Gasteiger charge is -2.30. The second kappa shape index (κ2) is 7.99. The van der Waals surface area contributed by atoms with Crippen molar-refractivity contribution in [3.63, 3.8) is 0 Å². The summed E-state index contributed by atoms with van der Waals surface area (Å²) in [5.74, 6) is 0.800. The van der Waals surface area contributed by atoms with Crippen molar-refractivity contribution in [1.82, 2.24) is 0 Å². The number of quaternary nitrogens is 2. The third-order valence-electron chi connectivity index (χ3n) is 4.26. The summed E-state index contributed by atoms with van der Waals surface area (Å²) in [7, 11) is 0. The second-order valence-electron chi connectivity index (χ2n) is 5.93. The second-order valence-corrected chi connectivity index (χ2v) is 6.37. The number of aliphatic hydroxyl groups is 1. The number of ether oxygens (including phenoxy) is 1. The van der Waals surface area contributed by atoms with Gasteiger partial charge in [-0.15, -0.1) is 0 Å². The van der Waals surface area contributed by atoms with Gasteiger partial charge >= 0.3 is 0 Å². The Morgan fingerprint density at radius 3 is 2.52 bits per heavy atom. The van der Waals surface area contributed by atoms with Gasteiger partial charge in [-0.1, -0.05) is 11.6 Å². The van der Waals surface area contributed by atoms with E-state index in [4.69, 9.17) is 16.3 Å². The lowest BCUT2D eigenvalue weighted by atomic mass is 10.2. The monoisotopic (exact) mass is 314 g/mol. The van der Waals surface area contributed by atoms with E-state index >= 15 is 0 Å². The summed E-state index contributed by atoms with van der Waals surface area (Å²) in [5, 5.41) is 10.9. The van der Waals surface area contributed by atoms with E-state index in [1.807, 2.05) is 25.1 Å². The number of hydrogen-bond acceptors (Lipinski definition) is 2. The molecule has 1 aromatic rings. The lowest BCUT2D eigenvalue weighted by Crippen LogP contribution is -3.28. The number of rotatable bonds is 6. The number of piperazine rings is 1. The fourth-order valence-electron chi connectivity index (χ4n) is 2.87. The first-order valence-corrected chi connectivity index (χ1v) is 8.20. The molecular weight excluding hydrogens is 288 g/mol. The van der Waals surface area contributed by atoms with Crippen LogP contribution in [-0.4, -0.2) is 57.1 Å². The smallest absolute Gasteiger partial charge is 0.137 e. The Hall–Kier alpha value is -0.810. The van der Waals surface area contributed by atoms with E-state index in [0.717, 1.165) is 30.9 Å². The Morgan fingerprint density at radius 2 is 1.90 bits per heavy atom. The summed E-state index contributed by atoms with van der Waals surface area (Å²) in [6.45, 7) is 11.2. The van der Waals surface area contributed by atoms with E-state index < -0.39 is 6.10 Å². The highest BCUT2D eigenvalue weighted by Crippen LogP contribution is 2.21. The molecule has 0 unspecified atom stereocenters. The molecule has 2 rings (SSSR count). The SMILES string of the molecule is CC[NH+]1CC[NH+](C[C@@H](O)COc2ccc(Cl)cc2C)CC1. The molecule has 1 aliphatic heterocycles. The first-order chi connectivity index (χ1) is 10.1. The molecule has 4 nitrogen and oxygen atoms in total. The van der Waals surface area contributed by atoms with Crippen molar-refractivity contribution >= 4 is 11.6 Å². The topological polar surface area (TPSA) is 38.3 Å². The Kier molecular flexibility index (Phi) is 6.30. The number of hydrogen-bond donors (Lipinski definition) is 3. The van der Waals surface area contributed by atoms with E-state index in [9.17, 15) is 5.11 Å². The summed E-state index contributed by atoms with van der Waals surface area (Å²) >= 11 is 5.92. The van der Waals surface area contributed by atoms with Gasteiger partial charge in [0.15, 0.2) is 0 Å². The van der Waals surface area contributed by atoms with Crippen molar-refractivity contribution in [2.45, 2.75) is 20.0 Å². The van der Waals surface area contributed by atoms with Gasteiger partial charge in [0, 0.05) is 5.02 Å². The van der Waals surface area contributed by atoms with Gasteiger partial charge in [-0.2, -0.15) is 0 Å². The third-order valence-corrected chi connectivity index (χ3v) is 4.49. The Labute approximate surface area is 132 Å². The minimum Gasteiger partial charge on any atom is -0.490 e. The fraction of sp³-hybridized carbons (Fsp3) is 0.625. The van der Waals surface area contributed by atoms with Crippen molar-refractivity contribution in [2.75, 3.05) is 45.9 Å². The molecule has 1 heterocycles. The number of likely N-dealkylation sites (N-methyl/N-ethyl adjacent to an activating group) is 1. The minimum absolute atomic E-state index is 0.344. The first kappa shape index (κ1) is 16.6. The Morgan fingerprint density at radius 1 is 1.24 bits per heavy atom. The third kappa shape index (κ3) is 5.15. The van der Waals surface area contributed by atoms with E-state index in [0.29, 0.717) is 11.6 Å². The van der Waals surface area contributed by atoms with Crippen molar-refractivity contribution < 1.29 is 19.6 Å². The number of benzene rings is 1. The minimum atomic E-state index is -0.418. The van der Waals surface area contributed by atoms with Gasteiger partial charge in [0.05, 0.1) is 6.54 Å². The van der Waals surface area contributed by atoms with Crippen LogP contribution in [0.25, 0.3) is 0 Å². The molecule has 1 aromatic carbocycles. The zero-order chi connectivity index (χ0) is 15.2. The molecule has 5 heteroatoms. The summed E-state index contributed by atoms with van der Waals surface area (Å²) in [5.41, 5.74) is 1.00. The highest BCUT2D eigenvalue weighted by molar-refractivity contribution is 6.30.